The number of H-pyrrole nitrogens is 1. The largest absolute Gasteiger partial charge is 0.494 e. The maximum atomic E-state index is 11.7. The van der Waals surface area contributed by atoms with Crippen molar-refractivity contribution in [3.8, 4) is 5.75 Å². The molecule has 5 nitrogen and oxygen atoms in total. The molecular formula is C30H39N3O2. The van der Waals surface area contributed by atoms with Crippen molar-refractivity contribution in [3.63, 3.8) is 0 Å². The van der Waals surface area contributed by atoms with Gasteiger partial charge in [-0.1, -0.05) is 48.9 Å². The molecule has 1 heterocycles. The zero-order valence-electron chi connectivity index (χ0n) is 21.4. The first kappa shape index (κ1) is 24.1. The van der Waals surface area contributed by atoms with Gasteiger partial charge in [0.25, 0.3) is 0 Å². The quantitative estimate of drug-likeness (QED) is 0.414. The Morgan fingerprint density at radius 3 is 2.77 bits per heavy atom. The predicted octanol–water partition coefficient (Wildman–Crippen LogP) is 5.77. The number of benzene rings is 2. The molecule has 0 radical (unpaired) electrons. The number of allylic oxidation sites excluding steroid dienone is 1. The highest BCUT2D eigenvalue weighted by Gasteiger charge is 2.44. The molecule has 0 amide bonds. The highest BCUT2D eigenvalue weighted by Crippen LogP contribution is 2.49. The summed E-state index contributed by atoms with van der Waals surface area (Å²) in [6.07, 6.45) is 9.58. The molecule has 0 saturated heterocycles. The van der Waals surface area contributed by atoms with Gasteiger partial charge in [0.15, 0.2) is 0 Å². The minimum absolute atomic E-state index is 0.263. The molecule has 3 atom stereocenters. The van der Waals surface area contributed by atoms with Gasteiger partial charge in [-0.2, -0.15) is 0 Å². The van der Waals surface area contributed by atoms with Crippen molar-refractivity contribution in [3.05, 3.63) is 65.5 Å². The van der Waals surface area contributed by atoms with Crippen molar-refractivity contribution in [2.45, 2.75) is 57.5 Å². The normalized spacial score (nSPS) is 24.1. The Bertz CT molecular complexity index is 1190. The van der Waals surface area contributed by atoms with Crippen LogP contribution in [0.3, 0.4) is 0 Å². The van der Waals surface area contributed by atoms with Crippen LogP contribution in [0.1, 0.15) is 55.5 Å². The van der Waals surface area contributed by atoms with E-state index >= 15 is 0 Å². The van der Waals surface area contributed by atoms with Crippen LogP contribution < -0.4 is 4.74 Å². The number of hydrogen-bond donors (Lipinski definition) is 2. The molecule has 2 bridgehead atoms. The van der Waals surface area contributed by atoms with Gasteiger partial charge >= 0.3 is 0 Å². The van der Waals surface area contributed by atoms with Gasteiger partial charge in [-0.15, -0.1) is 0 Å². The third kappa shape index (κ3) is 5.03. The number of nitrogens with zero attached hydrogens (tertiary/aromatic N) is 2. The standard InChI is InChI=1S/C30H39N3O2/c1-21-14-15-26(35-3)29-28(21)31-27(32-29)13-8-17-33(2)18-16-30(34)20-23-11-7-12-24(30)19-25(23)22-9-5-4-6-10-22/h4-6,9-10,14-15,19,23-24,34H,7-8,11-13,16-18,20H2,1-3H3,(H,31,32)/t23-,24-,30+/m1/s1. The summed E-state index contributed by atoms with van der Waals surface area (Å²) in [5.41, 5.74) is 5.37. The van der Waals surface area contributed by atoms with Gasteiger partial charge in [-0.25, -0.2) is 4.98 Å². The van der Waals surface area contributed by atoms with Crippen molar-refractivity contribution in [1.29, 1.82) is 0 Å². The summed E-state index contributed by atoms with van der Waals surface area (Å²) in [5, 5.41) is 11.7. The molecule has 2 N–H and O–H groups in total. The first-order valence-electron chi connectivity index (χ1n) is 13.2. The number of imidazole rings is 1. The third-order valence-electron chi connectivity index (χ3n) is 8.24. The summed E-state index contributed by atoms with van der Waals surface area (Å²) in [4.78, 5) is 10.6. The second-order valence-electron chi connectivity index (χ2n) is 10.7. The van der Waals surface area contributed by atoms with Crippen molar-refractivity contribution >= 4 is 16.6 Å². The Balaban J connectivity index is 1.16. The molecule has 1 aromatic heterocycles. The molecule has 6 rings (SSSR count). The fourth-order valence-corrected chi connectivity index (χ4v) is 6.19. The summed E-state index contributed by atoms with van der Waals surface area (Å²) >= 11 is 0. The Morgan fingerprint density at radius 2 is 1.97 bits per heavy atom. The lowest BCUT2D eigenvalue weighted by molar-refractivity contribution is -0.0299. The maximum absolute atomic E-state index is 11.7. The van der Waals surface area contributed by atoms with Crippen molar-refractivity contribution in [1.82, 2.24) is 14.9 Å². The van der Waals surface area contributed by atoms with Gasteiger partial charge in [0, 0.05) is 18.9 Å². The number of aromatic amines is 1. The third-order valence-corrected chi connectivity index (χ3v) is 8.24. The number of rotatable bonds is 9. The highest BCUT2D eigenvalue weighted by molar-refractivity contribution is 5.84. The predicted molar refractivity (Wildman–Crippen MR) is 143 cm³/mol. The first-order chi connectivity index (χ1) is 17.0. The number of aryl methyl sites for hydroxylation is 2. The fourth-order valence-electron chi connectivity index (χ4n) is 6.19. The molecular weight excluding hydrogens is 434 g/mol. The molecule has 0 spiro atoms. The Kier molecular flexibility index (Phi) is 6.99. The zero-order chi connectivity index (χ0) is 24.4. The summed E-state index contributed by atoms with van der Waals surface area (Å²) in [6.45, 7) is 3.99. The minimum atomic E-state index is -0.583. The molecule has 0 unspecified atom stereocenters. The van der Waals surface area contributed by atoms with E-state index in [2.05, 4.69) is 66.3 Å². The van der Waals surface area contributed by atoms with E-state index in [-0.39, 0.29) is 5.92 Å². The number of aromatic nitrogens is 2. The monoisotopic (exact) mass is 473 g/mol. The lowest BCUT2D eigenvalue weighted by Gasteiger charge is -2.41. The maximum Gasteiger partial charge on any atom is 0.144 e. The Labute approximate surface area is 209 Å². The van der Waals surface area contributed by atoms with Crippen LogP contribution in [-0.2, 0) is 6.42 Å². The zero-order valence-corrected chi connectivity index (χ0v) is 21.4. The SMILES string of the molecule is COc1ccc(C)c2nc(CCCN(C)CC[C@]3(O)C[C@H]4CCC[C@@H]3C=C4c3ccccc3)[nH]c12. The molecule has 1 fully saturated rings. The van der Waals surface area contributed by atoms with E-state index in [1.54, 1.807) is 7.11 Å². The van der Waals surface area contributed by atoms with E-state index in [9.17, 15) is 5.11 Å². The van der Waals surface area contributed by atoms with Crippen molar-refractivity contribution in [2.24, 2.45) is 11.8 Å². The number of methoxy groups -OCH3 is 1. The van der Waals surface area contributed by atoms with E-state index in [4.69, 9.17) is 9.72 Å². The fraction of sp³-hybridized carbons (Fsp3) is 0.500. The van der Waals surface area contributed by atoms with Gasteiger partial charge in [0.2, 0.25) is 0 Å². The number of hydrogen-bond acceptors (Lipinski definition) is 4. The highest BCUT2D eigenvalue weighted by atomic mass is 16.5. The van der Waals surface area contributed by atoms with Crippen LogP contribution in [0.2, 0.25) is 0 Å². The molecule has 0 aliphatic heterocycles. The molecule has 3 aliphatic rings. The first-order valence-corrected chi connectivity index (χ1v) is 13.2. The number of nitrogens with one attached hydrogen (secondary N) is 1. The van der Waals surface area contributed by atoms with Gasteiger partial charge in [-0.3, -0.25) is 0 Å². The summed E-state index contributed by atoms with van der Waals surface area (Å²) < 4.78 is 5.49. The number of ether oxygens (including phenoxy) is 1. The van der Waals surface area contributed by atoms with Crippen molar-refractivity contribution < 1.29 is 9.84 Å². The van der Waals surface area contributed by atoms with E-state index in [1.165, 1.54) is 24.0 Å². The van der Waals surface area contributed by atoms with Crippen LogP contribution in [0.4, 0.5) is 0 Å². The van der Waals surface area contributed by atoms with E-state index < -0.39 is 5.60 Å². The lowest BCUT2D eigenvalue weighted by atomic mass is 9.70. The molecule has 1 saturated carbocycles. The lowest BCUT2D eigenvalue weighted by Crippen LogP contribution is -2.43. The number of fused-ring (bicyclic) bond motifs is 4. The molecule has 3 aliphatic carbocycles. The van der Waals surface area contributed by atoms with Gasteiger partial charge < -0.3 is 19.7 Å². The summed E-state index contributed by atoms with van der Waals surface area (Å²) in [7, 11) is 3.88. The molecule has 3 aromatic rings. The molecule has 186 valence electrons. The van der Waals surface area contributed by atoms with E-state index in [0.29, 0.717) is 5.92 Å². The van der Waals surface area contributed by atoms with Crippen LogP contribution in [0, 0.1) is 18.8 Å². The van der Waals surface area contributed by atoms with Crippen LogP contribution in [0.15, 0.2) is 48.5 Å². The second kappa shape index (κ2) is 10.2. The summed E-state index contributed by atoms with van der Waals surface area (Å²) in [6, 6.07) is 14.8. The van der Waals surface area contributed by atoms with Crippen LogP contribution >= 0.6 is 0 Å². The van der Waals surface area contributed by atoms with Crippen LogP contribution in [-0.4, -0.2) is 52.8 Å². The topological polar surface area (TPSA) is 61.4 Å². The smallest absolute Gasteiger partial charge is 0.144 e. The van der Waals surface area contributed by atoms with E-state index in [1.807, 2.05) is 6.07 Å². The molecule has 2 aromatic carbocycles. The molecule has 35 heavy (non-hydrogen) atoms. The van der Waals surface area contributed by atoms with Crippen molar-refractivity contribution in [2.75, 3.05) is 27.2 Å². The van der Waals surface area contributed by atoms with Gasteiger partial charge in [0.05, 0.1) is 18.2 Å². The Hall–Kier alpha value is -2.63. The second-order valence-corrected chi connectivity index (χ2v) is 10.7. The number of aliphatic hydroxyl groups is 1. The van der Waals surface area contributed by atoms with Crippen LogP contribution in [0.5, 0.6) is 5.75 Å². The van der Waals surface area contributed by atoms with Gasteiger partial charge in [0.1, 0.15) is 17.1 Å². The average molecular weight is 474 g/mol. The van der Waals surface area contributed by atoms with Crippen LogP contribution in [0.25, 0.3) is 16.6 Å². The molecule has 5 heteroatoms. The summed E-state index contributed by atoms with van der Waals surface area (Å²) in [5.74, 6) is 2.59. The van der Waals surface area contributed by atoms with E-state index in [0.717, 1.165) is 73.4 Å². The van der Waals surface area contributed by atoms with Gasteiger partial charge in [-0.05, 0) is 81.3 Å². The Morgan fingerprint density at radius 1 is 1.14 bits per heavy atom. The average Bonchev–Trinajstić information content (AvgIpc) is 3.10. The minimum Gasteiger partial charge on any atom is -0.494 e.